The number of nitrogens with zero attached hydrogens (tertiary/aromatic N) is 1. The highest BCUT2D eigenvalue weighted by Crippen LogP contribution is 2.24. The van der Waals surface area contributed by atoms with Crippen molar-refractivity contribution < 1.29 is 14.3 Å². The predicted octanol–water partition coefficient (Wildman–Crippen LogP) is 4.28. The largest absolute Gasteiger partial charge is 0.444 e. The van der Waals surface area contributed by atoms with E-state index in [4.69, 9.17) is 21.1 Å². The molecule has 2 rings (SSSR count). The highest BCUT2D eigenvalue weighted by atomic mass is 79.9. The van der Waals surface area contributed by atoms with Crippen molar-refractivity contribution in [3.63, 3.8) is 0 Å². The van der Waals surface area contributed by atoms with Crippen LogP contribution in [0.2, 0.25) is 5.02 Å². The van der Waals surface area contributed by atoms with Gasteiger partial charge in [0.1, 0.15) is 5.60 Å². The van der Waals surface area contributed by atoms with Gasteiger partial charge in [-0.25, -0.2) is 4.79 Å². The highest BCUT2D eigenvalue weighted by molar-refractivity contribution is 9.10. The smallest absolute Gasteiger partial charge is 0.410 e. The Labute approximate surface area is 144 Å². The van der Waals surface area contributed by atoms with Crippen molar-refractivity contribution in [2.24, 2.45) is 0 Å². The van der Waals surface area contributed by atoms with E-state index in [1.165, 1.54) is 0 Å². The maximum atomic E-state index is 12.1. The Morgan fingerprint density at radius 3 is 2.86 bits per heavy atom. The SMILES string of the molecule is CC(C)(C)OC(=O)N1CCOC(Cc2ccc(Cl)c(Br)c2)C1. The van der Waals surface area contributed by atoms with Gasteiger partial charge in [0.05, 0.1) is 24.3 Å². The van der Waals surface area contributed by atoms with Gasteiger partial charge in [-0.15, -0.1) is 0 Å². The summed E-state index contributed by atoms with van der Waals surface area (Å²) in [6.07, 6.45) is 0.419. The summed E-state index contributed by atoms with van der Waals surface area (Å²) < 4.78 is 12.0. The fourth-order valence-electron chi connectivity index (χ4n) is 2.26. The third-order valence-corrected chi connectivity index (χ3v) is 4.45. The number of amides is 1. The summed E-state index contributed by atoms with van der Waals surface area (Å²) in [6.45, 7) is 7.24. The van der Waals surface area contributed by atoms with Crippen LogP contribution in [-0.2, 0) is 15.9 Å². The number of hydrogen-bond donors (Lipinski definition) is 0. The van der Waals surface area contributed by atoms with Crippen molar-refractivity contribution in [2.75, 3.05) is 19.7 Å². The van der Waals surface area contributed by atoms with E-state index in [0.29, 0.717) is 24.7 Å². The topological polar surface area (TPSA) is 38.8 Å². The van der Waals surface area contributed by atoms with Crippen LogP contribution in [0, 0.1) is 0 Å². The summed E-state index contributed by atoms with van der Waals surface area (Å²) in [5.41, 5.74) is 0.638. The van der Waals surface area contributed by atoms with E-state index < -0.39 is 5.60 Å². The summed E-state index contributed by atoms with van der Waals surface area (Å²) in [5, 5.41) is 0.684. The number of benzene rings is 1. The van der Waals surface area contributed by atoms with Gasteiger partial charge < -0.3 is 14.4 Å². The van der Waals surface area contributed by atoms with Crippen molar-refractivity contribution in [2.45, 2.75) is 38.9 Å². The number of hydrogen-bond acceptors (Lipinski definition) is 3. The zero-order valence-corrected chi connectivity index (χ0v) is 15.4. The molecule has 1 atom stereocenters. The molecule has 6 heteroatoms. The van der Waals surface area contributed by atoms with Gasteiger partial charge in [-0.3, -0.25) is 0 Å². The average molecular weight is 391 g/mol. The van der Waals surface area contributed by atoms with Crippen molar-refractivity contribution >= 4 is 33.6 Å². The average Bonchev–Trinajstić information content (AvgIpc) is 2.41. The number of carbonyl (C=O) groups excluding carboxylic acids is 1. The Morgan fingerprint density at radius 2 is 2.23 bits per heavy atom. The van der Waals surface area contributed by atoms with Crippen LogP contribution in [0.5, 0.6) is 0 Å². The predicted molar refractivity (Wildman–Crippen MR) is 90.4 cm³/mol. The van der Waals surface area contributed by atoms with Crippen LogP contribution < -0.4 is 0 Å². The third kappa shape index (κ3) is 5.14. The molecule has 0 radical (unpaired) electrons. The molecule has 1 amide bonds. The van der Waals surface area contributed by atoms with Crippen LogP contribution in [0.1, 0.15) is 26.3 Å². The summed E-state index contributed by atoms with van der Waals surface area (Å²) in [5.74, 6) is 0. The molecule has 0 aromatic heterocycles. The zero-order chi connectivity index (χ0) is 16.3. The number of rotatable bonds is 2. The number of halogens is 2. The lowest BCUT2D eigenvalue weighted by Gasteiger charge is -2.34. The minimum atomic E-state index is -0.480. The molecule has 1 heterocycles. The van der Waals surface area contributed by atoms with Gasteiger partial charge in [0.15, 0.2) is 0 Å². The van der Waals surface area contributed by atoms with Crippen LogP contribution in [0.4, 0.5) is 4.79 Å². The first-order valence-electron chi connectivity index (χ1n) is 7.28. The molecule has 122 valence electrons. The quantitative estimate of drug-likeness (QED) is 0.756. The molecule has 0 aliphatic carbocycles. The van der Waals surface area contributed by atoms with E-state index >= 15 is 0 Å². The first-order valence-corrected chi connectivity index (χ1v) is 8.45. The lowest BCUT2D eigenvalue weighted by atomic mass is 10.1. The van der Waals surface area contributed by atoms with Crippen LogP contribution >= 0.6 is 27.5 Å². The van der Waals surface area contributed by atoms with E-state index in [2.05, 4.69) is 15.9 Å². The Morgan fingerprint density at radius 1 is 1.50 bits per heavy atom. The van der Waals surface area contributed by atoms with Crippen LogP contribution in [0.25, 0.3) is 0 Å². The molecule has 0 N–H and O–H groups in total. The Hall–Kier alpha value is -0.780. The minimum absolute atomic E-state index is 0.0330. The maximum absolute atomic E-state index is 12.1. The summed E-state index contributed by atoms with van der Waals surface area (Å²) in [7, 11) is 0. The van der Waals surface area contributed by atoms with Crippen molar-refractivity contribution in [1.29, 1.82) is 0 Å². The summed E-state index contributed by atoms with van der Waals surface area (Å²) >= 11 is 9.42. The molecule has 0 saturated carbocycles. The van der Waals surface area contributed by atoms with E-state index in [1.54, 1.807) is 4.90 Å². The lowest BCUT2D eigenvalue weighted by Crippen LogP contribution is -2.48. The molecule has 1 aliphatic heterocycles. The van der Waals surface area contributed by atoms with Crippen molar-refractivity contribution in [1.82, 2.24) is 4.90 Å². The Bertz CT molecular complexity index is 545. The highest BCUT2D eigenvalue weighted by Gasteiger charge is 2.28. The zero-order valence-electron chi connectivity index (χ0n) is 13.1. The second kappa shape index (κ2) is 7.20. The molecule has 22 heavy (non-hydrogen) atoms. The second-order valence-electron chi connectivity index (χ2n) is 6.37. The van der Waals surface area contributed by atoms with Crippen LogP contribution in [-0.4, -0.2) is 42.4 Å². The monoisotopic (exact) mass is 389 g/mol. The van der Waals surface area contributed by atoms with Gasteiger partial charge in [-0.2, -0.15) is 0 Å². The lowest BCUT2D eigenvalue weighted by molar-refractivity contribution is -0.0415. The minimum Gasteiger partial charge on any atom is -0.444 e. The van der Waals surface area contributed by atoms with Crippen LogP contribution in [0.15, 0.2) is 22.7 Å². The second-order valence-corrected chi connectivity index (χ2v) is 7.63. The van der Waals surface area contributed by atoms with Gasteiger partial charge in [0.25, 0.3) is 0 Å². The summed E-state index contributed by atoms with van der Waals surface area (Å²) in [4.78, 5) is 13.8. The van der Waals surface area contributed by atoms with Gasteiger partial charge >= 0.3 is 6.09 Å². The number of carbonyl (C=O) groups is 1. The first-order chi connectivity index (χ1) is 10.2. The first kappa shape index (κ1) is 17.6. The molecule has 1 aromatic rings. The fourth-order valence-corrected chi connectivity index (χ4v) is 2.81. The molecule has 4 nitrogen and oxygen atoms in total. The number of ether oxygens (including phenoxy) is 2. The Kier molecular flexibility index (Phi) is 5.75. The third-order valence-electron chi connectivity index (χ3n) is 3.24. The molecule has 0 bridgehead atoms. The normalized spacial score (nSPS) is 19.1. The van der Waals surface area contributed by atoms with E-state index in [0.717, 1.165) is 16.5 Å². The van der Waals surface area contributed by atoms with Gasteiger partial charge in [-0.1, -0.05) is 17.7 Å². The molecule has 1 aromatic carbocycles. The van der Waals surface area contributed by atoms with Gasteiger partial charge in [0.2, 0.25) is 0 Å². The van der Waals surface area contributed by atoms with E-state index in [-0.39, 0.29) is 12.2 Å². The fraction of sp³-hybridized carbons (Fsp3) is 0.562. The molecule has 1 unspecified atom stereocenters. The van der Waals surface area contributed by atoms with Gasteiger partial charge in [-0.05, 0) is 54.4 Å². The maximum Gasteiger partial charge on any atom is 0.410 e. The molecular weight excluding hydrogens is 370 g/mol. The standard InChI is InChI=1S/C16H21BrClNO3/c1-16(2,3)22-15(20)19-6-7-21-12(10-19)8-11-4-5-14(18)13(17)9-11/h4-5,9,12H,6-8,10H2,1-3H3. The molecule has 1 saturated heterocycles. The molecule has 1 fully saturated rings. The van der Waals surface area contributed by atoms with E-state index in [9.17, 15) is 4.79 Å². The van der Waals surface area contributed by atoms with Crippen molar-refractivity contribution in [3.05, 3.63) is 33.3 Å². The van der Waals surface area contributed by atoms with Crippen LogP contribution in [0.3, 0.4) is 0 Å². The number of morpholine rings is 1. The Balaban J connectivity index is 1.95. The molecule has 1 aliphatic rings. The van der Waals surface area contributed by atoms with Crippen molar-refractivity contribution in [3.8, 4) is 0 Å². The molecule has 0 spiro atoms. The summed E-state index contributed by atoms with van der Waals surface area (Å²) in [6, 6.07) is 5.82. The molecular formula is C16H21BrClNO3. The van der Waals surface area contributed by atoms with E-state index in [1.807, 2.05) is 39.0 Å². The van der Waals surface area contributed by atoms with Gasteiger partial charge in [0, 0.05) is 17.4 Å².